The van der Waals surface area contributed by atoms with Gasteiger partial charge in [0, 0.05) is 31.6 Å². The molecule has 0 spiro atoms. The highest BCUT2D eigenvalue weighted by molar-refractivity contribution is 7.91. The Kier molecular flexibility index (Phi) is 14.5. The zero-order valence-electron chi connectivity index (χ0n) is 28.4. The second-order valence-electron chi connectivity index (χ2n) is 14.8. The van der Waals surface area contributed by atoms with E-state index < -0.39 is 26.5 Å². The minimum Gasteiger partial charge on any atom is -0.415 e. The molecule has 1 rings (SSSR count). The summed E-state index contributed by atoms with van der Waals surface area (Å²) < 4.78 is 36.9. The van der Waals surface area contributed by atoms with Crippen molar-refractivity contribution in [3.63, 3.8) is 0 Å². The lowest BCUT2D eigenvalue weighted by molar-refractivity contribution is -0.118. The van der Waals surface area contributed by atoms with Crippen LogP contribution in [0.25, 0.3) is 0 Å². The fraction of sp³-hybridized carbons (Fsp3) is 0.781. The van der Waals surface area contributed by atoms with Crippen molar-refractivity contribution in [3.05, 3.63) is 29.8 Å². The molecule has 0 heterocycles. The molecule has 0 saturated carbocycles. The first kappa shape index (κ1) is 38.0. The second kappa shape index (κ2) is 15.6. The number of rotatable bonds is 18. The summed E-state index contributed by atoms with van der Waals surface area (Å²) in [4.78, 5) is 14.9. The van der Waals surface area contributed by atoms with Gasteiger partial charge in [0.25, 0.3) is 0 Å². The van der Waals surface area contributed by atoms with Gasteiger partial charge in [-0.1, -0.05) is 60.1 Å². The molecule has 0 aromatic heterocycles. The van der Waals surface area contributed by atoms with E-state index in [2.05, 4.69) is 96.9 Å². The molecule has 0 radical (unpaired) electrons. The number of carbonyl (C=O) groups is 1. The number of hydrogen-bond acceptors (Lipinski definition) is 6. The standard InChI is InChI=1S/C32H61NO5SSi2/c1-27(2)39(35,36)25-15-13-14-16-30(34)26-28-17-19-29(20-18-28)33(21-23-37-40(9,10)31(3,4)5)22-24-38-41(11,12)32(6,7)8/h17-20,27H,13-16,21-26H2,1-12H3. The number of ketones is 1. The zero-order valence-corrected chi connectivity index (χ0v) is 31.2. The van der Waals surface area contributed by atoms with E-state index in [0.29, 0.717) is 32.5 Å². The fourth-order valence-electron chi connectivity index (χ4n) is 3.80. The molecule has 0 N–H and O–H groups in total. The third kappa shape index (κ3) is 13.0. The van der Waals surface area contributed by atoms with Crippen LogP contribution >= 0.6 is 0 Å². The Hall–Kier alpha value is -1.01. The van der Waals surface area contributed by atoms with Crippen LogP contribution in [-0.2, 0) is 29.9 Å². The van der Waals surface area contributed by atoms with E-state index in [0.717, 1.165) is 37.2 Å². The molecular weight excluding hydrogens is 567 g/mol. The van der Waals surface area contributed by atoms with Crippen LogP contribution in [-0.4, -0.2) is 68.1 Å². The maximum absolute atomic E-state index is 12.6. The van der Waals surface area contributed by atoms with Crippen molar-refractivity contribution < 1.29 is 22.1 Å². The van der Waals surface area contributed by atoms with Crippen LogP contribution in [0.15, 0.2) is 24.3 Å². The van der Waals surface area contributed by atoms with Crippen molar-refractivity contribution in [1.29, 1.82) is 0 Å². The van der Waals surface area contributed by atoms with Gasteiger partial charge < -0.3 is 13.8 Å². The van der Waals surface area contributed by atoms with Crippen LogP contribution < -0.4 is 4.90 Å². The molecule has 1 aromatic carbocycles. The number of anilines is 1. The van der Waals surface area contributed by atoms with Crippen LogP contribution in [0.1, 0.15) is 86.6 Å². The van der Waals surface area contributed by atoms with Crippen molar-refractivity contribution in [1.82, 2.24) is 0 Å². The van der Waals surface area contributed by atoms with Crippen molar-refractivity contribution >= 4 is 37.9 Å². The van der Waals surface area contributed by atoms with E-state index in [1.807, 2.05) is 0 Å². The number of carbonyl (C=O) groups excluding carboxylic acids is 1. The molecule has 0 saturated heterocycles. The minimum atomic E-state index is -3.00. The SMILES string of the molecule is CC(C)S(=O)(=O)CCCCCC(=O)Cc1ccc(N(CCO[Si](C)(C)C(C)(C)C)CCO[Si](C)(C)C(C)(C)C)cc1. The van der Waals surface area contributed by atoms with Crippen LogP contribution in [0.2, 0.25) is 36.3 Å². The van der Waals surface area contributed by atoms with Gasteiger partial charge in [0.2, 0.25) is 0 Å². The lowest BCUT2D eigenvalue weighted by Gasteiger charge is -2.38. The lowest BCUT2D eigenvalue weighted by atomic mass is 10.0. The monoisotopic (exact) mass is 627 g/mol. The largest absolute Gasteiger partial charge is 0.415 e. The normalized spacial score (nSPS) is 13.6. The van der Waals surface area contributed by atoms with E-state index in [1.165, 1.54) is 0 Å². The first-order chi connectivity index (χ1) is 18.6. The molecule has 0 aliphatic carbocycles. The second-order valence-corrected chi connectivity index (χ2v) is 27.1. The quantitative estimate of drug-likeness (QED) is 0.121. The summed E-state index contributed by atoms with van der Waals surface area (Å²) in [6.45, 7) is 29.1. The molecule has 0 aliphatic rings. The number of nitrogens with zero attached hydrogens (tertiary/aromatic N) is 1. The molecule has 0 atom stereocenters. The molecule has 0 bridgehead atoms. The van der Waals surface area contributed by atoms with Crippen LogP contribution in [0, 0.1) is 0 Å². The predicted octanol–water partition coefficient (Wildman–Crippen LogP) is 8.03. The average Bonchev–Trinajstić information content (AvgIpc) is 2.81. The highest BCUT2D eigenvalue weighted by Gasteiger charge is 2.38. The Morgan fingerprint density at radius 3 is 1.68 bits per heavy atom. The Balaban J connectivity index is 2.77. The van der Waals surface area contributed by atoms with Gasteiger partial charge >= 0.3 is 0 Å². The van der Waals surface area contributed by atoms with E-state index in [9.17, 15) is 13.2 Å². The number of unbranched alkanes of at least 4 members (excludes halogenated alkanes) is 2. The molecule has 6 nitrogen and oxygen atoms in total. The van der Waals surface area contributed by atoms with Crippen molar-refractivity contribution in [2.45, 2.75) is 129 Å². The first-order valence-corrected chi connectivity index (χ1v) is 23.0. The first-order valence-electron chi connectivity index (χ1n) is 15.4. The molecule has 0 amide bonds. The van der Waals surface area contributed by atoms with Gasteiger partial charge in [-0.2, -0.15) is 0 Å². The molecule has 9 heteroatoms. The third-order valence-corrected chi connectivity index (χ3v) is 20.4. The molecule has 0 fully saturated rings. The van der Waals surface area contributed by atoms with Gasteiger partial charge in [-0.3, -0.25) is 4.79 Å². The van der Waals surface area contributed by atoms with Crippen LogP contribution in [0.3, 0.4) is 0 Å². The summed E-state index contributed by atoms with van der Waals surface area (Å²) in [6, 6.07) is 8.33. The van der Waals surface area contributed by atoms with E-state index in [-0.39, 0.29) is 26.9 Å². The van der Waals surface area contributed by atoms with Crippen molar-refractivity contribution in [2.24, 2.45) is 0 Å². The maximum atomic E-state index is 12.6. The van der Waals surface area contributed by atoms with Crippen LogP contribution in [0.5, 0.6) is 0 Å². The zero-order chi connectivity index (χ0) is 31.7. The Morgan fingerprint density at radius 1 is 0.805 bits per heavy atom. The molecule has 1 aromatic rings. The van der Waals surface area contributed by atoms with Gasteiger partial charge in [-0.25, -0.2) is 8.42 Å². The number of hydrogen-bond donors (Lipinski definition) is 0. The van der Waals surface area contributed by atoms with Crippen molar-refractivity contribution in [2.75, 3.05) is 37.0 Å². The summed E-state index contributed by atoms with van der Waals surface area (Å²) in [6.07, 6.45) is 3.02. The number of sulfone groups is 1. The third-order valence-electron chi connectivity index (χ3n) is 9.07. The van der Waals surface area contributed by atoms with E-state index >= 15 is 0 Å². The van der Waals surface area contributed by atoms with Crippen molar-refractivity contribution in [3.8, 4) is 0 Å². The van der Waals surface area contributed by atoms with Gasteiger partial charge in [0.05, 0.1) is 24.2 Å². The average molecular weight is 628 g/mol. The maximum Gasteiger partial charge on any atom is 0.192 e. The molecule has 0 aliphatic heterocycles. The molecule has 0 unspecified atom stereocenters. The Labute approximate surface area is 255 Å². The number of Topliss-reactive ketones (excluding diaryl/α,β-unsaturated/α-hetero) is 1. The van der Waals surface area contributed by atoms with Gasteiger partial charge in [-0.15, -0.1) is 0 Å². The Morgan fingerprint density at radius 2 is 1.27 bits per heavy atom. The lowest BCUT2D eigenvalue weighted by Crippen LogP contribution is -2.44. The fourth-order valence-corrected chi connectivity index (χ4v) is 6.95. The molecule has 238 valence electrons. The Bertz CT molecular complexity index is 1010. The summed E-state index contributed by atoms with van der Waals surface area (Å²) in [5.74, 6) is 0.408. The van der Waals surface area contributed by atoms with Gasteiger partial charge in [0.15, 0.2) is 26.5 Å². The summed E-state index contributed by atoms with van der Waals surface area (Å²) >= 11 is 0. The molecule has 41 heavy (non-hydrogen) atoms. The molecular formula is C32H61NO5SSi2. The topological polar surface area (TPSA) is 72.9 Å². The smallest absolute Gasteiger partial charge is 0.192 e. The predicted molar refractivity (Wildman–Crippen MR) is 181 cm³/mol. The summed E-state index contributed by atoms with van der Waals surface area (Å²) in [5.41, 5.74) is 2.13. The summed E-state index contributed by atoms with van der Waals surface area (Å²) in [7, 11) is -6.67. The van der Waals surface area contributed by atoms with E-state index in [1.54, 1.807) is 13.8 Å². The minimum absolute atomic E-state index is 0.170. The van der Waals surface area contributed by atoms with Gasteiger partial charge in [0.1, 0.15) is 5.78 Å². The van der Waals surface area contributed by atoms with E-state index in [4.69, 9.17) is 8.85 Å². The van der Waals surface area contributed by atoms with Crippen LogP contribution in [0.4, 0.5) is 5.69 Å². The highest BCUT2D eigenvalue weighted by atomic mass is 32.2. The highest BCUT2D eigenvalue weighted by Crippen LogP contribution is 2.37. The summed E-state index contributed by atoms with van der Waals surface area (Å²) in [5, 5.41) is 0.00408. The number of benzene rings is 1. The van der Waals surface area contributed by atoms with Gasteiger partial charge in [-0.05, 0) is 80.6 Å².